The molecule has 5 heteroatoms. The molecule has 0 aliphatic carbocycles. The first-order valence-corrected chi connectivity index (χ1v) is 7.07. The van der Waals surface area contributed by atoms with Gasteiger partial charge in [-0.25, -0.2) is 0 Å². The Morgan fingerprint density at radius 1 is 1.00 bits per heavy atom. The van der Waals surface area contributed by atoms with Crippen LogP contribution in [0.15, 0.2) is 0 Å². The van der Waals surface area contributed by atoms with Crippen molar-refractivity contribution in [2.75, 3.05) is 13.7 Å². The Morgan fingerprint density at radius 2 is 1.47 bits per heavy atom. The summed E-state index contributed by atoms with van der Waals surface area (Å²) in [5, 5.41) is 7.91. The third kappa shape index (κ3) is 22.5. The van der Waals surface area contributed by atoms with Crippen LogP contribution in [0.1, 0.15) is 64.7 Å². The fourth-order valence-electron chi connectivity index (χ4n) is 1.47. The molecule has 0 heterocycles. The van der Waals surface area contributed by atoms with Crippen molar-refractivity contribution in [1.29, 1.82) is 0 Å². The lowest BCUT2D eigenvalue weighted by molar-refractivity contribution is -0.149. The number of methoxy groups -OCH3 is 1. The molecule has 0 aromatic rings. The van der Waals surface area contributed by atoms with E-state index in [-0.39, 0.29) is 0 Å². The Hall–Kier alpha value is -1.10. The first-order chi connectivity index (χ1) is 9.08. The lowest BCUT2D eigenvalue weighted by Gasteiger charge is -1.99. The minimum absolute atomic E-state index is 0.559. The summed E-state index contributed by atoms with van der Waals surface area (Å²) in [6, 6.07) is 0. The first kappa shape index (κ1) is 20.2. The molecular formula is C14H29NO4. The van der Waals surface area contributed by atoms with Crippen LogP contribution < -0.4 is 5.73 Å². The first-order valence-electron chi connectivity index (χ1n) is 7.07. The topological polar surface area (TPSA) is 89.6 Å². The molecule has 0 aliphatic rings. The Labute approximate surface area is 116 Å². The molecule has 0 bridgehead atoms. The average molecular weight is 275 g/mol. The molecule has 3 N–H and O–H groups in total. The summed E-state index contributed by atoms with van der Waals surface area (Å²) in [5.74, 6) is -1.89. The Kier molecular flexibility index (Phi) is 18.0. The zero-order valence-corrected chi connectivity index (χ0v) is 12.3. The number of nitrogens with two attached hydrogens (primary N) is 1. The van der Waals surface area contributed by atoms with Crippen LogP contribution in [0.25, 0.3) is 0 Å². The van der Waals surface area contributed by atoms with Gasteiger partial charge in [-0.05, 0) is 13.0 Å². The van der Waals surface area contributed by atoms with E-state index in [1.54, 1.807) is 0 Å². The predicted octanol–water partition coefficient (Wildman–Crippen LogP) is 2.72. The fourth-order valence-corrected chi connectivity index (χ4v) is 1.47. The molecule has 0 unspecified atom stereocenters. The number of rotatable bonds is 10. The van der Waals surface area contributed by atoms with Gasteiger partial charge < -0.3 is 15.6 Å². The fraction of sp³-hybridized carbons (Fsp3) is 0.857. The number of carbonyl (C=O) groups excluding carboxylic acids is 1. The average Bonchev–Trinajstić information content (AvgIpc) is 2.38. The van der Waals surface area contributed by atoms with Gasteiger partial charge in [0.15, 0.2) is 0 Å². The van der Waals surface area contributed by atoms with Crippen LogP contribution in [-0.4, -0.2) is 30.7 Å². The maximum Gasteiger partial charge on any atom is 0.316 e. The van der Waals surface area contributed by atoms with Crippen molar-refractivity contribution in [2.24, 2.45) is 5.73 Å². The summed E-state index contributed by atoms with van der Waals surface area (Å²) < 4.78 is 4.04. The molecule has 0 saturated carbocycles. The van der Waals surface area contributed by atoms with Crippen LogP contribution in [0, 0.1) is 0 Å². The van der Waals surface area contributed by atoms with Gasteiger partial charge in [0, 0.05) is 0 Å². The van der Waals surface area contributed by atoms with Gasteiger partial charge in [0.05, 0.1) is 7.11 Å². The molecule has 0 aromatic heterocycles. The zero-order chi connectivity index (χ0) is 14.9. The van der Waals surface area contributed by atoms with Crippen molar-refractivity contribution < 1.29 is 19.4 Å². The van der Waals surface area contributed by atoms with Crippen molar-refractivity contribution in [3.8, 4) is 0 Å². The van der Waals surface area contributed by atoms with Gasteiger partial charge in [-0.1, -0.05) is 51.9 Å². The van der Waals surface area contributed by atoms with Crippen LogP contribution in [0.2, 0.25) is 0 Å². The van der Waals surface area contributed by atoms with Crippen LogP contribution >= 0.6 is 0 Å². The Morgan fingerprint density at radius 3 is 1.79 bits per heavy atom. The minimum Gasteiger partial charge on any atom is -0.481 e. The van der Waals surface area contributed by atoms with E-state index in [1.165, 1.54) is 51.4 Å². The van der Waals surface area contributed by atoms with Crippen molar-refractivity contribution in [2.45, 2.75) is 64.7 Å². The normalized spacial score (nSPS) is 9.42. The molecular weight excluding hydrogens is 246 g/mol. The summed E-state index contributed by atoms with van der Waals surface area (Å²) >= 11 is 0. The molecule has 0 atom stereocenters. The van der Waals surface area contributed by atoms with Gasteiger partial charge >= 0.3 is 11.9 Å². The van der Waals surface area contributed by atoms with E-state index in [1.807, 2.05) is 0 Å². The third-order valence-electron chi connectivity index (χ3n) is 2.58. The number of carboxylic acids is 1. The maximum atomic E-state index is 10.0. The predicted molar refractivity (Wildman–Crippen MR) is 75.9 cm³/mol. The summed E-state index contributed by atoms with van der Waals surface area (Å²) in [5.41, 5.74) is 5.39. The smallest absolute Gasteiger partial charge is 0.316 e. The van der Waals surface area contributed by atoms with Gasteiger partial charge in [-0.2, -0.15) is 0 Å². The minimum atomic E-state index is -1.17. The number of hydrogen-bond donors (Lipinski definition) is 2. The monoisotopic (exact) mass is 275 g/mol. The molecule has 0 fully saturated rings. The SMILES string of the molecule is CCCCCCCCCCN.COC(=O)CC(=O)O. The summed E-state index contributed by atoms with van der Waals surface area (Å²) in [6.45, 7) is 3.13. The number of carboxylic acid groups (broad SMARTS) is 1. The van der Waals surface area contributed by atoms with Gasteiger partial charge in [-0.3, -0.25) is 9.59 Å². The highest BCUT2D eigenvalue weighted by molar-refractivity contribution is 5.89. The molecule has 0 radical (unpaired) electrons. The van der Waals surface area contributed by atoms with Crippen LogP contribution in [-0.2, 0) is 14.3 Å². The lowest BCUT2D eigenvalue weighted by atomic mass is 10.1. The van der Waals surface area contributed by atoms with E-state index in [0.717, 1.165) is 13.7 Å². The number of hydrogen-bond acceptors (Lipinski definition) is 4. The van der Waals surface area contributed by atoms with Crippen molar-refractivity contribution in [3.63, 3.8) is 0 Å². The van der Waals surface area contributed by atoms with Crippen molar-refractivity contribution >= 4 is 11.9 Å². The molecule has 0 amide bonds. The largest absolute Gasteiger partial charge is 0.481 e. The highest BCUT2D eigenvalue weighted by Crippen LogP contribution is 2.07. The molecule has 0 aliphatic heterocycles. The molecule has 114 valence electrons. The lowest BCUT2D eigenvalue weighted by Crippen LogP contribution is -2.07. The quantitative estimate of drug-likeness (QED) is 0.363. The number of carbonyl (C=O) groups is 2. The second-order valence-corrected chi connectivity index (χ2v) is 4.41. The van der Waals surface area contributed by atoms with Crippen molar-refractivity contribution in [3.05, 3.63) is 0 Å². The summed E-state index contributed by atoms with van der Waals surface area (Å²) in [4.78, 5) is 19.7. The van der Waals surface area contributed by atoms with E-state index >= 15 is 0 Å². The molecule has 0 saturated heterocycles. The molecule has 0 spiro atoms. The van der Waals surface area contributed by atoms with Crippen LogP contribution in [0.5, 0.6) is 0 Å². The highest BCUT2D eigenvalue weighted by atomic mass is 16.5. The van der Waals surface area contributed by atoms with E-state index in [2.05, 4.69) is 11.7 Å². The molecule has 0 rings (SSSR count). The summed E-state index contributed by atoms with van der Waals surface area (Å²) in [7, 11) is 1.14. The zero-order valence-electron chi connectivity index (χ0n) is 12.3. The number of ether oxygens (including phenoxy) is 1. The second-order valence-electron chi connectivity index (χ2n) is 4.41. The molecule has 0 aromatic carbocycles. The Bertz CT molecular complexity index is 211. The number of aliphatic carboxylic acids is 1. The van der Waals surface area contributed by atoms with Gasteiger partial charge in [0.1, 0.15) is 6.42 Å². The Balaban J connectivity index is 0. The van der Waals surface area contributed by atoms with Crippen LogP contribution in [0.3, 0.4) is 0 Å². The third-order valence-corrected chi connectivity index (χ3v) is 2.58. The van der Waals surface area contributed by atoms with Gasteiger partial charge in [-0.15, -0.1) is 0 Å². The molecule has 19 heavy (non-hydrogen) atoms. The highest BCUT2D eigenvalue weighted by Gasteiger charge is 2.04. The molecule has 5 nitrogen and oxygen atoms in total. The summed E-state index contributed by atoms with van der Waals surface area (Å²) in [6.07, 6.45) is 10.4. The second kappa shape index (κ2) is 16.9. The standard InChI is InChI=1S/C10H23N.C4H6O4/c1-2-3-4-5-6-7-8-9-10-11;1-8-4(7)2-3(5)6/h2-11H2,1H3;2H2,1H3,(H,5,6). The number of unbranched alkanes of at least 4 members (excludes halogenated alkanes) is 7. The van der Waals surface area contributed by atoms with E-state index in [0.29, 0.717) is 0 Å². The van der Waals surface area contributed by atoms with Crippen molar-refractivity contribution in [1.82, 2.24) is 0 Å². The number of esters is 1. The maximum absolute atomic E-state index is 10.0. The van der Waals surface area contributed by atoms with E-state index < -0.39 is 18.4 Å². The van der Waals surface area contributed by atoms with Crippen LogP contribution in [0.4, 0.5) is 0 Å². The van der Waals surface area contributed by atoms with E-state index in [4.69, 9.17) is 10.8 Å². The van der Waals surface area contributed by atoms with E-state index in [9.17, 15) is 9.59 Å². The van der Waals surface area contributed by atoms with Gasteiger partial charge in [0.2, 0.25) is 0 Å². The van der Waals surface area contributed by atoms with Gasteiger partial charge in [0.25, 0.3) is 0 Å².